The van der Waals surface area contributed by atoms with Gasteiger partial charge < -0.3 is 19.7 Å². The lowest BCUT2D eigenvalue weighted by Gasteiger charge is -2.23. The number of halogens is 1. The Morgan fingerprint density at radius 3 is 2.45 bits per heavy atom. The number of methoxy groups -OCH3 is 1. The largest absolute Gasteiger partial charge is 0.467 e. The number of ether oxygens (including phenoxy) is 2. The number of hydrogen-bond acceptors (Lipinski definition) is 6. The lowest BCUT2D eigenvalue weighted by atomic mass is 9.85. The molecular weight excluding hydrogens is 534 g/mol. The maximum absolute atomic E-state index is 13.3. The minimum absolute atomic E-state index is 0.00960. The van der Waals surface area contributed by atoms with Crippen LogP contribution in [-0.4, -0.2) is 49.8 Å². The van der Waals surface area contributed by atoms with Crippen molar-refractivity contribution in [2.75, 3.05) is 19.1 Å². The van der Waals surface area contributed by atoms with E-state index in [1.54, 1.807) is 43.4 Å². The van der Waals surface area contributed by atoms with Crippen LogP contribution in [0.3, 0.4) is 0 Å². The smallest absolute Gasteiger partial charge is 0.434 e. The van der Waals surface area contributed by atoms with Crippen LogP contribution in [-0.2, 0) is 30.5 Å². The highest BCUT2D eigenvalue weighted by molar-refractivity contribution is 6.40. The Balaban J connectivity index is 1.69. The van der Waals surface area contributed by atoms with Crippen LogP contribution in [0.15, 0.2) is 59.6 Å². The maximum Gasteiger partial charge on any atom is 0.434 e. The van der Waals surface area contributed by atoms with Crippen LogP contribution >= 0.6 is 11.6 Å². The Hall–Kier alpha value is -3.72. The molecule has 1 N–H and O–H groups in total. The van der Waals surface area contributed by atoms with E-state index in [9.17, 15) is 19.2 Å². The molecule has 0 aliphatic heterocycles. The fraction of sp³-hybridized carbons (Fsp3) is 0.433. The molecule has 1 aliphatic rings. The molecule has 0 unspecified atom stereocenters. The fourth-order valence-corrected chi connectivity index (χ4v) is 4.84. The van der Waals surface area contributed by atoms with Crippen molar-refractivity contribution < 1.29 is 28.7 Å². The molecule has 1 saturated carbocycles. The van der Waals surface area contributed by atoms with Gasteiger partial charge in [-0.25, -0.2) is 9.59 Å². The summed E-state index contributed by atoms with van der Waals surface area (Å²) in [5.41, 5.74) is 1.39. The van der Waals surface area contributed by atoms with Gasteiger partial charge in [0.05, 0.1) is 7.11 Å². The van der Waals surface area contributed by atoms with E-state index in [1.165, 1.54) is 12.0 Å². The highest BCUT2D eigenvalue weighted by atomic mass is 35.5. The molecule has 2 aromatic rings. The first-order valence-electron chi connectivity index (χ1n) is 13.5. The summed E-state index contributed by atoms with van der Waals surface area (Å²) >= 11 is 5.99. The van der Waals surface area contributed by atoms with Crippen molar-refractivity contribution in [3.05, 3.63) is 65.2 Å². The van der Waals surface area contributed by atoms with Crippen LogP contribution in [0.1, 0.15) is 56.9 Å². The second-order valence-corrected chi connectivity index (χ2v) is 10.3. The molecule has 0 aromatic heterocycles. The summed E-state index contributed by atoms with van der Waals surface area (Å²) in [7, 11) is 2.86. The Kier molecular flexibility index (Phi) is 12.1. The van der Waals surface area contributed by atoms with Gasteiger partial charge in [-0.3, -0.25) is 9.59 Å². The molecule has 1 atom stereocenters. The third-order valence-electron chi connectivity index (χ3n) is 6.90. The summed E-state index contributed by atoms with van der Waals surface area (Å²) in [5, 5.41) is 3.15. The highest BCUT2D eigenvalue weighted by Crippen LogP contribution is 2.27. The number of anilines is 1. The molecule has 1 aliphatic carbocycles. The Morgan fingerprint density at radius 1 is 1.05 bits per heavy atom. The summed E-state index contributed by atoms with van der Waals surface area (Å²) < 4.78 is 10.1. The molecule has 3 amide bonds. The van der Waals surface area contributed by atoms with E-state index in [0.717, 1.165) is 32.1 Å². The Labute approximate surface area is 239 Å². The number of aliphatic imine (C=N–C) groups is 1. The van der Waals surface area contributed by atoms with Gasteiger partial charge in [0.15, 0.2) is 0 Å². The van der Waals surface area contributed by atoms with Crippen LogP contribution in [0.5, 0.6) is 0 Å². The van der Waals surface area contributed by atoms with Gasteiger partial charge >= 0.3 is 12.1 Å². The number of para-hydroxylation sites is 1. The molecule has 0 radical (unpaired) electrons. The molecule has 1 fully saturated rings. The molecular formula is C30H36ClN3O6. The van der Waals surface area contributed by atoms with Crippen molar-refractivity contribution in [3.8, 4) is 0 Å². The second-order valence-electron chi connectivity index (χ2n) is 9.83. The first-order chi connectivity index (χ1) is 19.3. The van der Waals surface area contributed by atoms with Gasteiger partial charge in [0.1, 0.15) is 18.4 Å². The van der Waals surface area contributed by atoms with Crippen molar-refractivity contribution in [3.63, 3.8) is 0 Å². The van der Waals surface area contributed by atoms with E-state index in [0.29, 0.717) is 16.3 Å². The second kappa shape index (κ2) is 15.8. The summed E-state index contributed by atoms with van der Waals surface area (Å²) in [6, 6.07) is 14.9. The number of nitrogens with zero attached hydrogens (tertiary/aromatic N) is 2. The minimum Gasteiger partial charge on any atom is -0.467 e. The van der Waals surface area contributed by atoms with Crippen molar-refractivity contribution in [2.24, 2.45) is 10.9 Å². The van der Waals surface area contributed by atoms with Gasteiger partial charge in [0, 0.05) is 24.2 Å². The number of carbonyl (C=O) groups excluding carboxylic acids is 4. The monoisotopic (exact) mass is 569 g/mol. The number of rotatable bonds is 11. The molecule has 0 spiro atoms. The average Bonchev–Trinajstić information content (AvgIpc) is 2.97. The molecule has 0 saturated heterocycles. The number of carbonyl (C=O) groups is 4. The van der Waals surface area contributed by atoms with E-state index in [1.807, 2.05) is 18.2 Å². The summed E-state index contributed by atoms with van der Waals surface area (Å²) in [6.45, 7) is -0.0525. The Bertz CT molecular complexity index is 1200. The van der Waals surface area contributed by atoms with E-state index in [-0.39, 0.29) is 43.4 Å². The van der Waals surface area contributed by atoms with Crippen molar-refractivity contribution >= 4 is 46.9 Å². The molecule has 10 heteroatoms. The van der Waals surface area contributed by atoms with Gasteiger partial charge in [-0.1, -0.05) is 74.0 Å². The minimum atomic E-state index is -1.09. The zero-order valence-electron chi connectivity index (χ0n) is 22.9. The number of nitrogens with one attached hydrogen (secondary N) is 1. The van der Waals surface area contributed by atoms with Crippen LogP contribution in [0.25, 0.3) is 0 Å². The normalized spacial score (nSPS) is 14.6. The van der Waals surface area contributed by atoms with Crippen LogP contribution in [0, 0.1) is 5.92 Å². The highest BCUT2D eigenvalue weighted by Gasteiger charge is 2.28. The molecule has 214 valence electrons. The quantitative estimate of drug-likeness (QED) is 0.283. The lowest BCUT2D eigenvalue weighted by molar-refractivity contribution is -0.144. The zero-order chi connectivity index (χ0) is 28.9. The molecule has 0 heterocycles. The van der Waals surface area contributed by atoms with Crippen molar-refractivity contribution in [1.29, 1.82) is 0 Å². The van der Waals surface area contributed by atoms with E-state index in [2.05, 4.69) is 10.3 Å². The molecule has 2 aromatic carbocycles. The van der Waals surface area contributed by atoms with Crippen LogP contribution < -0.4 is 10.2 Å². The summed E-state index contributed by atoms with van der Waals surface area (Å²) in [4.78, 5) is 56.7. The van der Waals surface area contributed by atoms with Gasteiger partial charge in [-0.05, 0) is 48.6 Å². The summed E-state index contributed by atoms with van der Waals surface area (Å²) in [5.74, 6) is -1.39. The van der Waals surface area contributed by atoms with Gasteiger partial charge in [-0.2, -0.15) is 4.99 Å². The standard InChI is InChI=1S/C30H36ClN3O6/c1-34(24-14-7-4-8-15-24)27(35)17-16-25(29(37)39-2)32-28(36)26(19-21-10-5-3-6-11-21)33-30(38)40-20-22-12-9-13-23(31)18-22/h4,7-9,12-15,18,21,25H,3,5-6,10-11,16-17,19-20H2,1-2H3,(H,32,36)/t25-/m0/s1. The first-order valence-corrected chi connectivity index (χ1v) is 13.8. The van der Waals surface area contributed by atoms with Gasteiger partial charge in [-0.15, -0.1) is 0 Å². The third kappa shape index (κ3) is 9.79. The topological polar surface area (TPSA) is 114 Å². The van der Waals surface area contributed by atoms with Crippen molar-refractivity contribution in [1.82, 2.24) is 5.32 Å². The maximum atomic E-state index is 13.3. The van der Waals surface area contributed by atoms with E-state index >= 15 is 0 Å². The lowest BCUT2D eigenvalue weighted by Crippen LogP contribution is -2.45. The molecule has 40 heavy (non-hydrogen) atoms. The zero-order valence-corrected chi connectivity index (χ0v) is 23.7. The van der Waals surface area contributed by atoms with Gasteiger partial charge in [0.25, 0.3) is 5.91 Å². The number of esters is 1. The van der Waals surface area contributed by atoms with E-state index < -0.39 is 24.0 Å². The SMILES string of the molecule is COC(=O)[C@H](CCC(=O)N(C)c1ccccc1)NC(=O)C(CC1CCCCC1)=NC(=O)OCc1cccc(Cl)c1. The fourth-order valence-electron chi connectivity index (χ4n) is 4.63. The number of amides is 3. The van der Waals surface area contributed by atoms with Crippen LogP contribution in [0.4, 0.5) is 10.5 Å². The third-order valence-corrected chi connectivity index (χ3v) is 7.14. The summed E-state index contributed by atoms with van der Waals surface area (Å²) in [6.07, 6.45) is 4.44. The molecule has 3 rings (SSSR count). The Morgan fingerprint density at radius 2 is 1.77 bits per heavy atom. The van der Waals surface area contributed by atoms with Gasteiger partial charge in [0.2, 0.25) is 5.91 Å². The molecule has 9 nitrogen and oxygen atoms in total. The predicted octanol–water partition coefficient (Wildman–Crippen LogP) is 5.49. The first kappa shape index (κ1) is 30.8. The number of hydrogen-bond donors (Lipinski definition) is 1. The van der Waals surface area contributed by atoms with Crippen molar-refractivity contribution in [2.45, 2.75) is 64.0 Å². The molecule has 0 bridgehead atoms. The van der Waals surface area contributed by atoms with Crippen LogP contribution in [0.2, 0.25) is 5.02 Å². The predicted molar refractivity (Wildman–Crippen MR) is 153 cm³/mol. The average molecular weight is 570 g/mol. The number of benzene rings is 2. The van der Waals surface area contributed by atoms with E-state index in [4.69, 9.17) is 21.1 Å².